The van der Waals surface area contributed by atoms with E-state index in [9.17, 15) is 4.79 Å². The van der Waals surface area contributed by atoms with Gasteiger partial charge in [0.15, 0.2) is 0 Å². The van der Waals surface area contributed by atoms with E-state index in [1.165, 1.54) is 0 Å². The second-order valence-corrected chi connectivity index (χ2v) is 5.34. The van der Waals surface area contributed by atoms with Crippen LogP contribution >= 0.6 is 0 Å². The van der Waals surface area contributed by atoms with Crippen LogP contribution in [0.25, 0.3) is 0 Å². The zero-order valence-corrected chi connectivity index (χ0v) is 18.2. The largest absolute Gasteiger partial charge is 0.443 e. The minimum absolute atomic E-state index is 0.178. The molecule has 0 saturated carbocycles. The summed E-state index contributed by atoms with van der Waals surface area (Å²) in [7, 11) is 1.80. The Bertz CT molecular complexity index is 284. The smallest absolute Gasteiger partial charge is 0.410 e. The average molecular weight is 349 g/mol. The number of likely N-dealkylation sites (N-methyl/N-ethyl adjacent to an activating group) is 1. The summed E-state index contributed by atoms with van der Waals surface area (Å²) in [4.78, 5) is 19.1. The number of carbonyl (C=O) groups is 1. The highest BCUT2D eigenvalue weighted by Crippen LogP contribution is 2.19. The van der Waals surface area contributed by atoms with Crippen molar-refractivity contribution in [1.82, 2.24) is 9.96 Å². The summed E-state index contributed by atoms with van der Waals surface area (Å²) in [6.45, 7) is 22.1. The predicted octanol–water partition coefficient (Wildman–Crippen LogP) is 5.35. The van der Waals surface area contributed by atoms with Gasteiger partial charge in [-0.2, -0.15) is 5.06 Å². The average Bonchev–Trinajstić information content (AvgIpc) is 3.08. The first-order valence-electron chi connectivity index (χ1n) is 9.73. The van der Waals surface area contributed by atoms with Crippen LogP contribution in [0.3, 0.4) is 0 Å². The number of nitrogens with zero attached hydrogens (tertiary/aromatic N) is 2. The van der Waals surface area contributed by atoms with Crippen LogP contribution in [-0.2, 0) is 9.57 Å². The number of rotatable bonds is 5. The highest BCUT2D eigenvalue weighted by atomic mass is 16.7. The zero-order chi connectivity index (χ0) is 19.8. The van der Waals surface area contributed by atoms with Crippen LogP contribution in [0.2, 0.25) is 0 Å². The van der Waals surface area contributed by atoms with Crippen LogP contribution in [0.15, 0.2) is 0 Å². The monoisotopic (exact) mass is 348 g/mol. The molecule has 5 heteroatoms. The molecule has 148 valence electrons. The molecule has 0 aromatic heterocycles. The first-order valence-corrected chi connectivity index (χ1v) is 9.73. The molecule has 1 saturated heterocycles. The summed E-state index contributed by atoms with van der Waals surface area (Å²) in [5.41, 5.74) is -0.399. The molecule has 1 aliphatic rings. The lowest BCUT2D eigenvalue weighted by Gasteiger charge is -2.30. The van der Waals surface area contributed by atoms with Gasteiger partial charge >= 0.3 is 6.09 Å². The molecule has 0 N–H and O–H groups in total. The normalized spacial score (nSPS) is 16.5. The number of carbonyl (C=O) groups excluding carboxylic acids is 1. The molecule has 1 heterocycles. The van der Waals surface area contributed by atoms with Crippen molar-refractivity contribution in [2.24, 2.45) is 0 Å². The molecule has 0 aromatic carbocycles. The third-order valence-corrected chi connectivity index (χ3v) is 3.49. The summed E-state index contributed by atoms with van der Waals surface area (Å²) in [5, 5.41) is 1.92. The topological polar surface area (TPSA) is 42.0 Å². The number of amides is 1. The van der Waals surface area contributed by atoms with Gasteiger partial charge in [-0.25, -0.2) is 4.79 Å². The molecule has 0 aliphatic carbocycles. The number of ether oxygens (including phenoxy) is 1. The van der Waals surface area contributed by atoms with Gasteiger partial charge in [-0.3, -0.25) is 4.84 Å². The van der Waals surface area contributed by atoms with Gasteiger partial charge in [0, 0.05) is 20.1 Å². The summed E-state index contributed by atoms with van der Waals surface area (Å²) >= 11 is 0. The van der Waals surface area contributed by atoms with Crippen LogP contribution in [0.1, 0.15) is 82.1 Å². The zero-order valence-electron chi connectivity index (χ0n) is 18.2. The van der Waals surface area contributed by atoms with Gasteiger partial charge in [0.1, 0.15) is 5.60 Å². The van der Waals surface area contributed by atoms with Crippen molar-refractivity contribution in [2.75, 3.05) is 26.7 Å². The molecule has 1 rings (SSSR count). The molecule has 0 radical (unpaired) electrons. The third-order valence-electron chi connectivity index (χ3n) is 3.49. The molecule has 0 bridgehead atoms. The highest BCUT2D eigenvalue weighted by Gasteiger charge is 2.31. The van der Waals surface area contributed by atoms with E-state index in [4.69, 9.17) is 9.57 Å². The minimum Gasteiger partial charge on any atom is -0.443 e. The van der Waals surface area contributed by atoms with E-state index in [1.54, 1.807) is 11.9 Å². The van der Waals surface area contributed by atoms with Gasteiger partial charge in [0.2, 0.25) is 0 Å². The molecule has 24 heavy (non-hydrogen) atoms. The Morgan fingerprint density at radius 3 is 2.04 bits per heavy atom. The maximum atomic E-state index is 12.0. The van der Waals surface area contributed by atoms with E-state index < -0.39 is 5.60 Å². The molecule has 1 aliphatic heterocycles. The van der Waals surface area contributed by atoms with Crippen LogP contribution in [-0.4, -0.2) is 54.4 Å². The van der Waals surface area contributed by atoms with Crippen molar-refractivity contribution in [1.29, 1.82) is 0 Å². The van der Waals surface area contributed by atoms with E-state index >= 15 is 0 Å². The Morgan fingerprint density at radius 2 is 1.62 bits per heavy atom. The van der Waals surface area contributed by atoms with E-state index in [-0.39, 0.29) is 12.1 Å². The fraction of sp³-hybridized carbons (Fsp3) is 0.947. The molecule has 1 atom stereocenters. The Morgan fingerprint density at radius 1 is 1.12 bits per heavy atom. The molecule has 5 nitrogen and oxygen atoms in total. The molecule has 1 fully saturated rings. The molecular formula is C19H44N2O3. The van der Waals surface area contributed by atoms with Crippen molar-refractivity contribution < 1.29 is 14.4 Å². The van der Waals surface area contributed by atoms with Crippen molar-refractivity contribution in [3.05, 3.63) is 0 Å². The van der Waals surface area contributed by atoms with Crippen LogP contribution in [0, 0.1) is 0 Å². The van der Waals surface area contributed by atoms with Gasteiger partial charge in [0.25, 0.3) is 0 Å². The van der Waals surface area contributed by atoms with Crippen LogP contribution in [0.5, 0.6) is 0 Å². The molecule has 0 spiro atoms. The molecule has 1 amide bonds. The SMILES string of the molecule is CC.CC.CC.CCON1CCC(N(C)C(=O)OC(C)(C)CC)C1. The van der Waals surface area contributed by atoms with Gasteiger partial charge in [-0.05, 0) is 33.6 Å². The molecule has 0 aromatic rings. The second-order valence-electron chi connectivity index (χ2n) is 5.34. The van der Waals surface area contributed by atoms with Gasteiger partial charge in [-0.1, -0.05) is 48.5 Å². The van der Waals surface area contributed by atoms with E-state index in [0.717, 1.165) is 25.9 Å². The lowest BCUT2D eigenvalue weighted by atomic mass is 10.1. The fourth-order valence-corrected chi connectivity index (χ4v) is 1.86. The highest BCUT2D eigenvalue weighted by molar-refractivity contribution is 5.68. The quantitative estimate of drug-likeness (QED) is 0.672. The Labute approximate surface area is 151 Å². The lowest BCUT2D eigenvalue weighted by Crippen LogP contribution is -2.42. The Kier molecular flexibility index (Phi) is 19.9. The first-order chi connectivity index (χ1) is 11.4. The predicted molar refractivity (Wildman–Crippen MR) is 104 cm³/mol. The summed E-state index contributed by atoms with van der Waals surface area (Å²) in [6.07, 6.45) is 1.49. The van der Waals surface area contributed by atoms with E-state index in [1.807, 2.05) is 74.3 Å². The van der Waals surface area contributed by atoms with Gasteiger partial charge < -0.3 is 9.64 Å². The second kappa shape index (κ2) is 17.0. The standard InChI is InChI=1S/C13H26N2O3.3C2H6/c1-6-13(3,4)18-12(16)14(5)11-8-9-15(10-11)17-7-2;3*1-2/h11H,6-10H2,1-5H3;3*1-2H3. The van der Waals surface area contributed by atoms with E-state index in [0.29, 0.717) is 6.61 Å². The third kappa shape index (κ3) is 11.7. The maximum Gasteiger partial charge on any atom is 0.410 e. The van der Waals surface area contributed by atoms with Crippen molar-refractivity contribution in [3.8, 4) is 0 Å². The van der Waals surface area contributed by atoms with Crippen LogP contribution in [0.4, 0.5) is 4.79 Å². The van der Waals surface area contributed by atoms with Gasteiger partial charge in [0.05, 0.1) is 12.6 Å². The maximum absolute atomic E-state index is 12.0. The summed E-state index contributed by atoms with van der Waals surface area (Å²) in [5.74, 6) is 0. The van der Waals surface area contributed by atoms with Crippen molar-refractivity contribution in [2.45, 2.75) is 93.7 Å². The lowest BCUT2D eigenvalue weighted by molar-refractivity contribution is -0.140. The van der Waals surface area contributed by atoms with Crippen molar-refractivity contribution in [3.63, 3.8) is 0 Å². The van der Waals surface area contributed by atoms with Crippen molar-refractivity contribution >= 4 is 6.09 Å². The number of hydrogen-bond acceptors (Lipinski definition) is 4. The first kappa shape index (κ1) is 28.0. The number of hydroxylamine groups is 2. The molecule has 1 unspecified atom stereocenters. The number of hydrogen-bond donors (Lipinski definition) is 0. The molecular weight excluding hydrogens is 304 g/mol. The van der Waals surface area contributed by atoms with Crippen LogP contribution < -0.4 is 0 Å². The van der Waals surface area contributed by atoms with E-state index in [2.05, 4.69) is 0 Å². The fourth-order valence-electron chi connectivity index (χ4n) is 1.86. The summed E-state index contributed by atoms with van der Waals surface area (Å²) in [6, 6.07) is 0.178. The Hall–Kier alpha value is -0.810. The Balaban J connectivity index is -0.000000659. The summed E-state index contributed by atoms with van der Waals surface area (Å²) < 4.78 is 5.48. The van der Waals surface area contributed by atoms with Gasteiger partial charge in [-0.15, -0.1) is 0 Å². The minimum atomic E-state index is -0.399.